The van der Waals surface area contributed by atoms with Crippen molar-refractivity contribution >= 4 is 12.0 Å². The number of carbonyl (C=O) groups excluding carboxylic acids is 1. The Hall–Kier alpha value is -1.30. The highest BCUT2D eigenvalue weighted by Gasteiger charge is 2.44. The van der Waals surface area contributed by atoms with Gasteiger partial charge in [0.15, 0.2) is 0 Å². The maximum atomic E-state index is 12.4. The summed E-state index contributed by atoms with van der Waals surface area (Å²) >= 11 is 0. The maximum Gasteiger partial charge on any atom is 0.327 e. The molecule has 3 N–H and O–H groups in total. The van der Waals surface area contributed by atoms with Gasteiger partial charge in [-0.1, -0.05) is 13.8 Å². The number of carboxylic acid groups (broad SMARTS) is 1. The molecule has 2 amide bonds. The Bertz CT molecular complexity index is 402. The number of carbonyl (C=O) groups is 2. The van der Waals surface area contributed by atoms with Gasteiger partial charge in [-0.2, -0.15) is 0 Å². The monoisotopic (exact) mass is 298 g/mol. The second-order valence-electron chi connectivity index (χ2n) is 6.98. The van der Waals surface area contributed by atoms with Crippen LogP contribution in [-0.2, 0) is 4.79 Å². The Morgan fingerprint density at radius 3 is 2.38 bits per heavy atom. The number of aliphatic carboxylic acids is 1. The third kappa shape index (κ3) is 3.67. The van der Waals surface area contributed by atoms with Gasteiger partial charge in [-0.25, -0.2) is 9.59 Å². The predicted octanol–water partition coefficient (Wildman–Crippen LogP) is 1.57. The van der Waals surface area contributed by atoms with Crippen LogP contribution in [0.15, 0.2) is 0 Å². The number of nitrogens with one attached hydrogen (secondary N) is 1. The predicted molar refractivity (Wildman–Crippen MR) is 77.9 cm³/mol. The molecular formula is C15H26N2O4. The van der Waals surface area contributed by atoms with Gasteiger partial charge in [0.1, 0.15) is 6.04 Å². The number of aliphatic hydroxyl groups is 1. The minimum atomic E-state index is -0.936. The largest absolute Gasteiger partial charge is 0.480 e. The zero-order valence-corrected chi connectivity index (χ0v) is 12.8. The van der Waals surface area contributed by atoms with Crippen LogP contribution in [0.25, 0.3) is 0 Å². The summed E-state index contributed by atoms with van der Waals surface area (Å²) in [6.45, 7) is 4.30. The molecule has 0 aromatic rings. The maximum absolute atomic E-state index is 12.4. The van der Waals surface area contributed by atoms with E-state index >= 15 is 0 Å². The molecule has 2 rings (SSSR count). The fraction of sp³-hybridized carbons (Fsp3) is 0.867. The Kier molecular flexibility index (Phi) is 4.76. The molecule has 1 unspecified atom stereocenters. The van der Waals surface area contributed by atoms with Crippen molar-refractivity contribution < 1.29 is 19.8 Å². The first-order valence-electron chi connectivity index (χ1n) is 7.79. The van der Waals surface area contributed by atoms with Crippen molar-refractivity contribution in [3.8, 4) is 0 Å². The van der Waals surface area contributed by atoms with Crippen LogP contribution in [0.2, 0.25) is 0 Å². The average molecular weight is 298 g/mol. The number of rotatable bonds is 2. The molecule has 0 radical (unpaired) electrons. The van der Waals surface area contributed by atoms with Crippen molar-refractivity contribution in [2.24, 2.45) is 5.41 Å². The van der Waals surface area contributed by atoms with Crippen LogP contribution in [-0.4, -0.2) is 51.8 Å². The summed E-state index contributed by atoms with van der Waals surface area (Å²) in [6.07, 6.45) is 4.26. The van der Waals surface area contributed by atoms with Gasteiger partial charge in [0, 0.05) is 12.6 Å². The quantitative estimate of drug-likeness (QED) is 0.722. The highest BCUT2D eigenvalue weighted by atomic mass is 16.4. The number of hydrogen-bond donors (Lipinski definition) is 3. The molecule has 6 heteroatoms. The molecule has 0 aromatic carbocycles. The molecule has 0 bridgehead atoms. The molecule has 1 aliphatic heterocycles. The Morgan fingerprint density at radius 1 is 1.19 bits per heavy atom. The number of likely N-dealkylation sites (tertiary alicyclic amines) is 1. The summed E-state index contributed by atoms with van der Waals surface area (Å²) in [5.41, 5.74) is -0.413. The molecule has 120 valence electrons. The fourth-order valence-electron chi connectivity index (χ4n) is 3.56. The minimum Gasteiger partial charge on any atom is -0.480 e. The molecule has 2 aliphatic rings. The van der Waals surface area contributed by atoms with E-state index in [2.05, 4.69) is 5.32 Å². The van der Waals surface area contributed by atoms with E-state index in [4.69, 9.17) is 0 Å². The highest BCUT2D eigenvalue weighted by molar-refractivity contribution is 5.83. The number of aliphatic hydroxyl groups excluding tert-OH is 1. The minimum absolute atomic E-state index is 0.0420. The molecule has 1 heterocycles. The lowest BCUT2D eigenvalue weighted by Crippen LogP contribution is -2.59. The second kappa shape index (κ2) is 6.22. The van der Waals surface area contributed by atoms with E-state index in [1.165, 1.54) is 4.90 Å². The van der Waals surface area contributed by atoms with Gasteiger partial charge in [0.2, 0.25) is 0 Å². The van der Waals surface area contributed by atoms with Crippen molar-refractivity contribution in [2.45, 2.75) is 70.6 Å². The second-order valence-corrected chi connectivity index (χ2v) is 6.98. The zero-order valence-electron chi connectivity index (χ0n) is 12.8. The molecule has 21 heavy (non-hydrogen) atoms. The number of amides is 2. The topological polar surface area (TPSA) is 89.9 Å². The lowest BCUT2D eigenvalue weighted by Gasteiger charge is -2.44. The van der Waals surface area contributed by atoms with Crippen LogP contribution >= 0.6 is 0 Å². The van der Waals surface area contributed by atoms with Crippen LogP contribution < -0.4 is 5.32 Å². The highest BCUT2D eigenvalue weighted by Crippen LogP contribution is 2.35. The molecule has 2 fully saturated rings. The van der Waals surface area contributed by atoms with Crippen molar-refractivity contribution in [2.75, 3.05) is 6.54 Å². The fourth-order valence-corrected chi connectivity index (χ4v) is 3.56. The van der Waals surface area contributed by atoms with Crippen molar-refractivity contribution in [1.82, 2.24) is 10.2 Å². The van der Waals surface area contributed by atoms with Gasteiger partial charge in [0.05, 0.1) is 6.10 Å². The van der Waals surface area contributed by atoms with E-state index in [1.807, 2.05) is 13.8 Å². The van der Waals surface area contributed by atoms with Gasteiger partial charge in [-0.3, -0.25) is 0 Å². The summed E-state index contributed by atoms with van der Waals surface area (Å²) < 4.78 is 0. The van der Waals surface area contributed by atoms with Crippen molar-refractivity contribution in [1.29, 1.82) is 0 Å². The molecule has 1 aliphatic carbocycles. The number of hydrogen-bond acceptors (Lipinski definition) is 3. The first-order chi connectivity index (χ1) is 9.81. The first kappa shape index (κ1) is 16.1. The number of nitrogens with zero attached hydrogens (tertiary/aromatic N) is 1. The molecule has 0 aromatic heterocycles. The Balaban J connectivity index is 2.01. The van der Waals surface area contributed by atoms with Crippen LogP contribution in [0.1, 0.15) is 52.4 Å². The van der Waals surface area contributed by atoms with Gasteiger partial charge in [-0.15, -0.1) is 0 Å². The number of carboxylic acids is 1. The Labute approximate surface area is 125 Å². The third-order valence-electron chi connectivity index (χ3n) is 4.79. The van der Waals surface area contributed by atoms with E-state index in [9.17, 15) is 19.8 Å². The summed E-state index contributed by atoms with van der Waals surface area (Å²) in [7, 11) is 0. The third-order valence-corrected chi connectivity index (χ3v) is 4.79. The summed E-state index contributed by atoms with van der Waals surface area (Å²) in [6, 6.07) is -1.02. The van der Waals surface area contributed by atoms with Crippen LogP contribution in [0, 0.1) is 5.41 Å². The molecular weight excluding hydrogens is 272 g/mol. The van der Waals surface area contributed by atoms with Crippen LogP contribution in [0.5, 0.6) is 0 Å². The molecule has 1 saturated heterocycles. The van der Waals surface area contributed by atoms with Gasteiger partial charge in [-0.05, 0) is 43.9 Å². The summed E-state index contributed by atoms with van der Waals surface area (Å²) in [5, 5.41) is 21.9. The molecule has 1 saturated carbocycles. The molecule has 0 spiro atoms. The van der Waals surface area contributed by atoms with E-state index in [0.717, 1.165) is 25.7 Å². The molecule has 6 nitrogen and oxygen atoms in total. The van der Waals surface area contributed by atoms with Gasteiger partial charge in [0.25, 0.3) is 0 Å². The zero-order chi connectivity index (χ0) is 15.6. The average Bonchev–Trinajstić information content (AvgIpc) is 2.39. The van der Waals surface area contributed by atoms with Gasteiger partial charge >= 0.3 is 12.0 Å². The van der Waals surface area contributed by atoms with Crippen LogP contribution in [0.4, 0.5) is 4.79 Å². The van der Waals surface area contributed by atoms with E-state index in [-0.39, 0.29) is 18.2 Å². The van der Waals surface area contributed by atoms with Crippen molar-refractivity contribution in [3.63, 3.8) is 0 Å². The smallest absolute Gasteiger partial charge is 0.327 e. The van der Waals surface area contributed by atoms with E-state index < -0.39 is 17.4 Å². The Morgan fingerprint density at radius 2 is 1.81 bits per heavy atom. The SMILES string of the molecule is CC1(C)CCCN(C(=O)NC2CCC(O)CC2)C1C(=O)O. The number of piperidine rings is 1. The summed E-state index contributed by atoms with van der Waals surface area (Å²) in [5.74, 6) is -0.936. The van der Waals surface area contributed by atoms with Crippen molar-refractivity contribution in [3.05, 3.63) is 0 Å². The lowest BCUT2D eigenvalue weighted by molar-refractivity contribution is -0.148. The standard InChI is InChI=1S/C15H26N2O4/c1-15(2)8-3-9-17(12(15)13(19)20)14(21)16-10-4-6-11(18)7-5-10/h10-12,18H,3-9H2,1-2H3,(H,16,21)(H,19,20). The van der Waals surface area contributed by atoms with E-state index in [1.54, 1.807) is 0 Å². The first-order valence-corrected chi connectivity index (χ1v) is 7.79. The van der Waals surface area contributed by atoms with Crippen LogP contribution in [0.3, 0.4) is 0 Å². The summed E-state index contributed by atoms with van der Waals surface area (Å²) in [4.78, 5) is 25.5. The number of urea groups is 1. The molecule has 1 atom stereocenters. The van der Waals surface area contributed by atoms with Gasteiger partial charge < -0.3 is 20.4 Å². The lowest BCUT2D eigenvalue weighted by atomic mass is 9.76. The normalized spacial score (nSPS) is 32.5. The van der Waals surface area contributed by atoms with E-state index in [0.29, 0.717) is 19.4 Å².